The van der Waals surface area contributed by atoms with Crippen molar-refractivity contribution >= 4 is 10.9 Å². The number of nitrogens with zero attached hydrogens (tertiary/aromatic N) is 4. The van der Waals surface area contributed by atoms with Gasteiger partial charge in [0.05, 0.1) is 29.3 Å². The van der Waals surface area contributed by atoms with Crippen molar-refractivity contribution in [3.63, 3.8) is 0 Å². The summed E-state index contributed by atoms with van der Waals surface area (Å²) >= 11 is 0. The van der Waals surface area contributed by atoms with Crippen molar-refractivity contribution < 1.29 is 17.9 Å². The van der Waals surface area contributed by atoms with Crippen LogP contribution < -0.4 is 10.3 Å². The lowest BCUT2D eigenvalue weighted by molar-refractivity contribution is -0.137. The summed E-state index contributed by atoms with van der Waals surface area (Å²) in [6.45, 7) is 0.417. The number of ether oxygens (including phenoxy) is 1. The van der Waals surface area contributed by atoms with Gasteiger partial charge in [-0.1, -0.05) is 18.2 Å². The molecular weight excluding hydrogens is 397 g/mol. The molecule has 0 aliphatic rings. The molecular formula is C21H15F3N4O2. The molecule has 0 bridgehead atoms. The molecule has 6 nitrogen and oxygen atoms in total. The molecule has 0 saturated heterocycles. The highest BCUT2D eigenvalue weighted by Crippen LogP contribution is 2.31. The van der Waals surface area contributed by atoms with Crippen LogP contribution >= 0.6 is 0 Å². The van der Waals surface area contributed by atoms with E-state index >= 15 is 0 Å². The molecule has 0 fully saturated rings. The van der Waals surface area contributed by atoms with Gasteiger partial charge in [-0.05, 0) is 41.5 Å². The number of alkyl halides is 3. The van der Waals surface area contributed by atoms with Crippen LogP contribution in [0.3, 0.4) is 0 Å². The topological polar surface area (TPSA) is 69.9 Å². The minimum absolute atomic E-state index is 0.176. The minimum atomic E-state index is -4.40. The second-order valence-electron chi connectivity index (χ2n) is 6.43. The van der Waals surface area contributed by atoms with E-state index in [0.29, 0.717) is 22.0 Å². The summed E-state index contributed by atoms with van der Waals surface area (Å²) in [5.41, 5.74) is 0.704. The molecule has 0 radical (unpaired) electrons. The zero-order valence-corrected chi connectivity index (χ0v) is 15.5. The zero-order chi connectivity index (χ0) is 21.1. The summed E-state index contributed by atoms with van der Waals surface area (Å²) in [6.07, 6.45) is 0.133. The monoisotopic (exact) mass is 412 g/mol. The van der Waals surface area contributed by atoms with Gasteiger partial charge < -0.3 is 4.74 Å². The van der Waals surface area contributed by atoms with Crippen molar-refractivity contribution in [2.24, 2.45) is 0 Å². The Kier molecular flexibility index (Phi) is 5.18. The van der Waals surface area contributed by atoms with Gasteiger partial charge in [0.15, 0.2) is 0 Å². The van der Waals surface area contributed by atoms with Crippen LogP contribution in [0.4, 0.5) is 13.2 Å². The smallest absolute Gasteiger partial charge is 0.416 e. The first-order chi connectivity index (χ1) is 14.4. The van der Waals surface area contributed by atoms with Gasteiger partial charge in [-0.15, -0.1) is 0 Å². The maximum Gasteiger partial charge on any atom is 0.416 e. The Bertz CT molecular complexity index is 1220. The molecule has 0 N–H and O–H groups in total. The van der Waals surface area contributed by atoms with E-state index in [1.165, 1.54) is 23.0 Å². The molecule has 0 amide bonds. The Labute approximate surface area is 168 Å². The molecule has 0 aliphatic carbocycles. The second kappa shape index (κ2) is 7.94. The normalized spacial score (nSPS) is 11.6. The Morgan fingerprint density at radius 3 is 2.33 bits per heavy atom. The van der Waals surface area contributed by atoms with Crippen LogP contribution in [-0.2, 0) is 12.7 Å². The van der Waals surface area contributed by atoms with Gasteiger partial charge in [-0.3, -0.25) is 9.36 Å². The lowest BCUT2D eigenvalue weighted by Gasteiger charge is -2.10. The van der Waals surface area contributed by atoms with Crippen LogP contribution in [0.2, 0.25) is 0 Å². The van der Waals surface area contributed by atoms with E-state index in [9.17, 15) is 18.0 Å². The van der Waals surface area contributed by atoms with Crippen LogP contribution in [-0.4, -0.2) is 26.1 Å². The van der Waals surface area contributed by atoms with Crippen LogP contribution in [0.5, 0.6) is 6.01 Å². The van der Waals surface area contributed by atoms with Crippen LogP contribution in [0, 0.1) is 0 Å². The van der Waals surface area contributed by atoms with Crippen molar-refractivity contribution in [2.75, 3.05) is 6.61 Å². The maximum atomic E-state index is 12.8. The lowest BCUT2D eigenvalue weighted by atomic mass is 10.0. The fourth-order valence-electron chi connectivity index (χ4n) is 2.94. The third kappa shape index (κ3) is 4.14. The highest BCUT2D eigenvalue weighted by Gasteiger charge is 2.29. The van der Waals surface area contributed by atoms with E-state index in [-0.39, 0.29) is 24.7 Å². The Morgan fingerprint density at radius 1 is 0.933 bits per heavy atom. The molecule has 4 aromatic rings. The first-order valence-corrected chi connectivity index (χ1v) is 8.98. The number of fused-ring (bicyclic) bond motifs is 1. The molecule has 0 spiro atoms. The van der Waals surface area contributed by atoms with Crippen LogP contribution in [0.25, 0.3) is 22.0 Å². The summed E-state index contributed by atoms with van der Waals surface area (Å²) < 4.78 is 45.1. The van der Waals surface area contributed by atoms with Gasteiger partial charge >= 0.3 is 12.2 Å². The van der Waals surface area contributed by atoms with Gasteiger partial charge in [0.1, 0.15) is 6.61 Å². The van der Waals surface area contributed by atoms with Crippen molar-refractivity contribution in [1.29, 1.82) is 0 Å². The van der Waals surface area contributed by atoms with Crippen molar-refractivity contribution in [1.82, 2.24) is 19.5 Å². The van der Waals surface area contributed by atoms with E-state index in [2.05, 4.69) is 15.0 Å². The fraction of sp³-hybridized carbons (Fsp3) is 0.143. The van der Waals surface area contributed by atoms with Gasteiger partial charge in [0.2, 0.25) is 0 Å². The number of hydrogen-bond acceptors (Lipinski definition) is 5. The average molecular weight is 412 g/mol. The van der Waals surface area contributed by atoms with E-state index in [1.54, 1.807) is 36.7 Å². The second-order valence-corrected chi connectivity index (χ2v) is 6.43. The minimum Gasteiger partial charge on any atom is -0.462 e. The molecule has 4 rings (SSSR count). The van der Waals surface area contributed by atoms with Gasteiger partial charge in [0.25, 0.3) is 5.56 Å². The first kappa shape index (κ1) is 19.6. The summed E-state index contributed by atoms with van der Waals surface area (Å²) in [4.78, 5) is 25.0. The predicted octanol–water partition coefficient (Wildman–Crippen LogP) is 3.95. The SMILES string of the molecule is O=c1c2cc(-c3ccc(C(F)(F)F)cc3)ccc2ncn1CCOc1ncccn1. The number of rotatable bonds is 5. The molecule has 30 heavy (non-hydrogen) atoms. The molecule has 152 valence electrons. The molecule has 0 aliphatic heterocycles. The standard InChI is InChI=1S/C21H15F3N4O2/c22-21(23,24)16-5-2-14(3-6-16)15-4-7-18-17(12-15)19(29)28(13-27-18)10-11-30-20-25-8-1-9-26-20/h1-9,12-13H,10-11H2. The van der Waals surface area contributed by atoms with Gasteiger partial charge in [-0.2, -0.15) is 13.2 Å². The third-order valence-electron chi connectivity index (χ3n) is 4.48. The fourth-order valence-corrected chi connectivity index (χ4v) is 2.94. The van der Waals surface area contributed by atoms with Crippen LogP contribution in [0.15, 0.2) is 72.0 Å². The summed E-state index contributed by atoms with van der Waals surface area (Å²) in [5.74, 6) is 0. The maximum absolute atomic E-state index is 12.8. The largest absolute Gasteiger partial charge is 0.462 e. The quantitative estimate of drug-likeness (QED) is 0.497. The molecule has 0 saturated carbocycles. The molecule has 0 unspecified atom stereocenters. The number of benzene rings is 2. The summed E-state index contributed by atoms with van der Waals surface area (Å²) in [7, 11) is 0. The summed E-state index contributed by atoms with van der Waals surface area (Å²) in [6, 6.07) is 11.7. The number of aromatic nitrogens is 4. The van der Waals surface area contributed by atoms with Crippen molar-refractivity contribution in [3.8, 4) is 17.1 Å². The highest BCUT2D eigenvalue weighted by atomic mass is 19.4. The first-order valence-electron chi connectivity index (χ1n) is 8.98. The van der Waals surface area contributed by atoms with E-state index < -0.39 is 11.7 Å². The number of halogens is 3. The van der Waals surface area contributed by atoms with Gasteiger partial charge in [0, 0.05) is 12.4 Å². The molecule has 2 aromatic heterocycles. The third-order valence-corrected chi connectivity index (χ3v) is 4.48. The zero-order valence-electron chi connectivity index (χ0n) is 15.5. The molecule has 0 atom stereocenters. The Balaban J connectivity index is 1.58. The molecule has 2 aromatic carbocycles. The molecule has 9 heteroatoms. The van der Waals surface area contributed by atoms with Crippen LogP contribution in [0.1, 0.15) is 5.56 Å². The van der Waals surface area contributed by atoms with Crippen molar-refractivity contribution in [3.05, 3.63) is 83.2 Å². The lowest BCUT2D eigenvalue weighted by Crippen LogP contribution is -2.23. The summed E-state index contributed by atoms with van der Waals surface area (Å²) in [5, 5.41) is 0.367. The van der Waals surface area contributed by atoms with Gasteiger partial charge in [-0.25, -0.2) is 15.0 Å². The van der Waals surface area contributed by atoms with E-state index in [4.69, 9.17) is 4.74 Å². The van der Waals surface area contributed by atoms with E-state index in [0.717, 1.165) is 12.1 Å². The average Bonchev–Trinajstić information content (AvgIpc) is 2.75. The van der Waals surface area contributed by atoms with Crippen molar-refractivity contribution in [2.45, 2.75) is 12.7 Å². The highest BCUT2D eigenvalue weighted by molar-refractivity contribution is 5.83. The Morgan fingerprint density at radius 2 is 1.63 bits per heavy atom. The number of hydrogen-bond donors (Lipinski definition) is 0. The Hall–Kier alpha value is -3.75. The predicted molar refractivity (Wildman–Crippen MR) is 104 cm³/mol. The molecule has 2 heterocycles. The van der Waals surface area contributed by atoms with E-state index in [1.807, 2.05) is 0 Å².